The SMILES string of the molecule is COc1ccc(/C=N\NC(=O)Cc2cccs2)cc1C. The van der Waals surface area contributed by atoms with Crippen molar-refractivity contribution in [1.29, 1.82) is 0 Å². The topological polar surface area (TPSA) is 50.7 Å². The van der Waals surface area contributed by atoms with Gasteiger partial charge in [0, 0.05) is 4.88 Å². The number of ether oxygens (including phenoxy) is 1. The standard InChI is InChI=1S/C15H16N2O2S/c1-11-8-12(5-6-14(11)19-2)10-16-17-15(18)9-13-4-3-7-20-13/h3-8,10H,9H2,1-2H3,(H,17,18)/b16-10-. The minimum Gasteiger partial charge on any atom is -0.496 e. The van der Waals surface area contributed by atoms with Crippen LogP contribution in [0.2, 0.25) is 0 Å². The molecule has 2 rings (SSSR count). The summed E-state index contributed by atoms with van der Waals surface area (Å²) in [4.78, 5) is 12.7. The van der Waals surface area contributed by atoms with Gasteiger partial charge in [-0.2, -0.15) is 5.10 Å². The highest BCUT2D eigenvalue weighted by Crippen LogP contribution is 2.17. The van der Waals surface area contributed by atoms with Gasteiger partial charge >= 0.3 is 0 Å². The lowest BCUT2D eigenvalue weighted by molar-refractivity contribution is -0.120. The van der Waals surface area contributed by atoms with Gasteiger partial charge in [0.05, 0.1) is 19.7 Å². The smallest absolute Gasteiger partial charge is 0.245 e. The molecule has 0 bridgehead atoms. The number of methoxy groups -OCH3 is 1. The normalized spacial score (nSPS) is 10.7. The summed E-state index contributed by atoms with van der Waals surface area (Å²) in [5, 5.41) is 5.91. The molecule has 5 heteroatoms. The van der Waals surface area contributed by atoms with Gasteiger partial charge in [-0.1, -0.05) is 6.07 Å². The molecule has 0 saturated heterocycles. The Labute approximate surface area is 122 Å². The fraction of sp³-hybridized carbons (Fsp3) is 0.200. The van der Waals surface area contributed by atoms with E-state index in [0.29, 0.717) is 6.42 Å². The van der Waals surface area contributed by atoms with Crippen molar-refractivity contribution >= 4 is 23.5 Å². The molecule has 0 fully saturated rings. The summed E-state index contributed by atoms with van der Waals surface area (Å²) >= 11 is 1.56. The number of rotatable bonds is 5. The lowest BCUT2D eigenvalue weighted by Crippen LogP contribution is -2.19. The maximum absolute atomic E-state index is 11.6. The van der Waals surface area contributed by atoms with Gasteiger partial charge in [0.1, 0.15) is 5.75 Å². The summed E-state index contributed by atoms with van der Waals surface area (Å²) in [6.45, 7) is 1.96. The molecule has 2 aromatic rings. The number of amides is 1. The fourth-order valence-electron chi connectivity index (χ4n) is 1.77. The molecule has 4 nitrogen and oxygen atoms in total. The van der Waals surface area contributed by atoms with Crippen molar-refractivity contribution in [3.8, 4) is 5.75 Å². The third-order valence-corrected chi connectivity index (χ3v) is 3.61. The lowest BCUT2D eigenvalue weighted by Gasteiger charge is -2.04. The molecule has 1 N–H and O–H groups in total. The molecule has 1 aromatic heterocycles. The van der Waals surface area contributed by atoms with E-state index in [-0.39, 0.29) is 5.91 Å². The highest BCUT2D eigenvalue weighted by Gasteiger charge is 2.02. The molecule has 0 radical (unpaired) electrons. The molecule has 0 spiro atoms. The average molecular weight is 288 g/mol. The highest BCUT2D eigenvalue weighted by molar-refractivity contribution is 7.10. The predicted molar refractivity (Wildman–Crippen MR) is 81.5 cm³/mol. The monoisotopic (exact) mass is 288 g/mol. The first-order valence-corrected chi connectivity index (χ1v) is 7.06. The van der Waals surface area contributed by atoms with Crippen LogP contribution in [0.1, 0.15) is 16.0 Å². The lowest BCUT2D eigenvalue weighted by atomic mass is 10.1. The van der Waals surface area contributed by atoms with Gasteiger partial charge in [-0.3, -0.25) is 4.79 Å². The predicted octanol–water partition coefficient (Wildman–Crippen LogP) is 2.76. The molecular weight excluding hydrogens is 272 g/mol. The van der Waals surface area contributed by atoms with Crippen molar-refractivity contribution in [3.05, 3.63) is 51.7 Å². The Morgan fingerprint density at radius 3 is 2.95 bits per heavy atom. The summed E-state index contributed by atoms with van der Waals surface area (Å²) in [7, 11) is 1.64. The van der Waals surface area contributed by atoms with Crippen LogP contribution in [0.5, 0.6) is 5.75 Å². The molecule has 0 saturated carbocycles. The molecule has 0 aliphatic heterocycles. The van der Waals surface area contributed by atoms with Crippen molar-refractivity contribution < 1.29 is 9.53 Å². The van der Waals surface area contributed by atoms with Crippen molar-refractivity contribution in [2.75, 3.05) is 7.11 Å². The Kier molecular flexibility index (Phi) is 4.90. The average Bonchev–Trinajstić information content (AvgIpc) is 2.92. The number of thiophene rings is 1. The first-order chi connectivity index (χ1) is 9.69. The summed E-state index contributed by atoms with van der Waals surface area (Å²) in [5.74, 6) is 0.720. The first kappa shape index (κ1) is 14.3. The Morgan fingerprint density at radius 1 is 1.45 bits per heavy atom. The van der Waals surface area contributed by atoms with Crippen molar-refractivity contribution in [3.63, 3.8) is 0 Å². The minimum absolute atomic E-state index is 0.117. The van der Waals surface area contributed by atoms with E-state index in [2.05, 4.69) is 10.5 Å². The number of nitrogens with one attached hydrogen (secondary N) is 1. The van der Waals surface area contributed by atoms with Gasteiger partial charge in [-0.25, -0.2) is 5.43 Å². The van der Waals surface area contributed by atoms with Gasteiger partial charge in [-0.15, -0.1) is 11.3 Å². The van der Waals surface area contributed by atoms with Gasteiger partial charge in [0.2, 0.25) is 5.91 Å². The third-order valence-electron chi connectivity index (χ3n) is 2.74. The largest absolute Gasteiger partial charge is 0.496 e. The van der Waals surface area contributed by atoms with Crippen molar-refractivity contribution in [2.45, 2.75) is 13.3 Å². The van der Waals surface area contributed by atoms with E-state index in [0.717, 1.165) is 21.8 Å². The zero-order valence-corrected chi connectivity index (χ0v) is 12.2. The van der Waals surface area contributed by atoms with E-state index in [4.69, 9.17) is 4.74 Å². The second-order valence-corrected chi connectivity index (χ2v) is 5.31. The van der Waals surface area contributed by atoms with E-state index in [1.165, 1.54) is 0 Å². The molecule has 0 atom stereocenters. The van der Waals surface area contributed by atoms with Crippen LogP contribution in [0.3, 0.4) is 0 Å². The zero-order chi connectivity index (χ0) is 14.4. The molecular formula is C15H16N2O2S. The quantitative estimate of drug-likeness (QED) is 0.679. The maximum Gasteiger partial charge on any atom is 0.245 e. The molecule has 0 unspecified atom stereocenters. The summed E-state index contributed by atoms with van der Waals surface area (Å²) in [5.41, 5.74) is 4.47. The van der Waals surface area contributed by atoms with E-state index in [1.807, 2.05) is 42.6 Å². The Hall–Kier alpha value is -2.14. The van der Waals surface area contributed by atoms with E-state index in [9.17, 15) is 4.79 Å². The Balaban J connectivity index is 1.89. The second-order valence-electron chi connectivity index (χ2n) is 4.28. The van der Waals surface area contributed by atoms with Crippen LogP contribution in [0.25, 0.3) is 0 Å². The van der Waals surface area contributed by atoms with Crippen molar-refractivity contribution in [2.24, 2.45) is 5.10 Å². The zero-order valence-electron chi connectivity index (χ0n) is 11.4. The van der Waals surface area contributed by atoms with Gasteiger partial charge in [-0.05, 0) is 47.7 Å². The molecule has 20 heavy (non-hydrogen) atoms. The van der Waals surface area contributed by atoms with Crippen LogP contribution < -0.4 is 10.2 Å². The molecule has 1 aromatic carbocycles. The van der Waals surface area contributed by atoms with E-state index in [1.54, 1.807) is 24.7 Å². The molecule has 1 amide bonds. The molecule has 104 valence electrons. The fourth-order valence-corrected chi connectivity index (χ4v) is 2.48. The van der Waals surface area contributed by atoms with Gasteiger partial charge < -0.3 is 4.74 Å². The Morgan fingerprint density at radius 2 is 2.30 bits per heavy atom. The number of nitrogens with zero attached hydrogens (tertiary/aromatic N) is 1. The van der Waals surface area contributed by atoms with Crippen LogP contribution >= 0.6 is 11.3 Å². The Bertz CT molecular complexity index is 606. The molecule has 0 aliphatic rings. The molecule has 0 aliphatic carbocycles. The van der Waals surface area contributed by atoms with Gasteiger partial charge in [0.15, 0.2) is 0 Å². The number of aryl methyl sites for hydroxylation is 1. The van der Waals surface area contributed by atoms with Crippen molar-refractivity contribution in [1.82, 2.24) is 5.43 Å². The number of hydrazone groups is 1. The summed E-state index contributed by atoms with van der Waals surface area (Å²) in [6, 6.07) is 9.58. The highest BCUT2D eigenvalue weighted by atomic mass is 32.1. The van der Waals surface area contributed by atoms with E-state index < -0.39 is 0 Å². The van der Waals surface area contributed by atoms with Crippen LogP contribution in [-0.4, -0.2) is 19.2 Å². The second kappa shape index (κ2) is 6.86. The summed E-state index contributed by atoms with van der Waals surface area (Å²) in [6.07, 6.45) is 1.98. The first-order valence-electron chi connectivity index (χ1n) is 6.18. The van der Waals surface area contributed by atoms with Gasteiger partial charge in [0.25, 0.3) is 0 Å². The number of carbonyl (C=O) groups is 1. The number of hydrogen-bond acceptors (Lipinski definition) is 4. The maximum atomic E-state index is 11.6. The minimum atomic E-state index is -0.117. The van der Waals surface area contributed by atoms with Crippen LogP contribution in [-0.2, 0) is 11.2 Å². The third kappa shape index (κ3) is 3.93. The van der Waals surface area contributed by atoms with Crippen LogP contribution in [0.4, 0.5) is 0 Å². The van der Waals surface area contributed by atoms with Crippen LogP contribution in [0, 0.1) is 6.92 Å². The van der Waals surface area contributed by atoms with E-state index >= 15 is 0 Å². The number of carbonyl (C=O) groups excluding carboxylic acids is 1. The molecule has 1 heterocycles. The summed E-state index contributed by atoms with van der Waals surface area (Å²) < 4.78 is 5.19. The number of benzene rings is 1. The van der Waals surface area contributed by atoms with Crippen LogP contribution in [0.15, 0.2) is 40.8 Å². The number of hydrogen-bond donors (Lipinski definition) is 1.